The van der Waals surface area contributed by atoms with E-state index in [1.165, 1.54) is 0 Å². The zero-order valence-corrected chi connectivity index (χ0v) is 14.0. The van der Waals surface area contributed by atoms with Gasteiger partial charge in [-0.3, -0.25) is 9.59 Å². The molecule has 0 aromatic rings. The fraction of sp³-hybridized carbons (Fsp3) is 0.857. The molecule has 0 rings (SSSR count). The van der Waals surface area contributed by atoms with Crippen LogP contribution in [0, 0.1) is 0 Å². The largest absolute Gasteiger partial charge is 0.481 e. The Labute approximate surface area is 132 Å². The van der Waals surface area contributed by atoms with Crippen molar-refractivity contribution in [2.24, 2.45) is 0 Å². The molecule has 0 radical (unpaired) electrons. The average molecular weight is 322 g/mol. The van der Waals surface area contributed by atoms with Gasteiger partial charge in [0.05, 0.1) is 0 Å². The summed E-state index contributed by atoms with van der Waals surface area (Å²) in [6.07, 6.45) is 5.71. The Bertz CT molecular complexity index is 288. The second kappa shape index (κ2) is 12.4. The first kappa shape index (κ1) is 19.6. The quantitative estimate of drug-likeness (QED) is 0.330. The molecule has 20 heavy (non-hydrogen) atoms. The molecular weight excluding hydrogens is 294 g/mol. The highest BCUT2D eigenvalue weighted by molar-refractivity contribution is 7.81. The normalized spacial score (nSPS) is 13.8. The van der Waals surface area contributed by atoms with Gasteiger partial charge in [-0.15, -0.1) is 0 Å². The maximum atomic E-state index is 11.7. The SMILES string of the molecule is CCC(CCC(=O)O)NC(=O)CCCCC(S)CCS. The van der Waals surface area contributed by atoms with Gasteiger partial charge >= 0.3 is 5.97 Å². The van der Waals surface area contributed by atoms with Gasteiger partial charge in [-0.25, -0.2) is 0 Å². The van der Waals surface area contributed by atoms with E-state index in [0.29, 0.717) is 18.1 Å². The van der Waals surface area contributed by atoms with E-state index in [1.807, 2.05) is 6.92 Å². The van der Waals surface area contributed by atoms with Gasteiger partial charge in [0.15, 0.2) is 0 Å². The lowest BCUT2D eigenvalue weighted by Gasteiger charge is -2.16. The molecular formula is C14H27NO3S2. The molecule has 0 saturated heterocycles. The zero-order valence-electron chi connectivity index (χ0n) is 12.2. The Hall–Kier alpha value is -0.360. The number of rotatable bonds is 12. The topological polar surface area (TPSA) is 66.4 Å². The van der Waals surface area contributed by atoms with E-state index in [2.05, 4.69) is 30.6 Å². The second-order valence-electron chi connectivity index (χ2n) is 5.02. The molecule has 0 saturated carbocycles. The summed E-state index contributed by atoms with van der Waals surface area (Å²) in [6.45, 7) is 1.95. The van der Waals surface area contributed by atoms with Gasteiger partial charge in [0.1, 0.15) is 0 Å². The summed E-state index contributed by atoms with van der Waals surface area (Å²) < 4.78 is 0. The summed E-state index contributed by atoms with van der Waals surface area (Å²) >= 11 is 8.61. The number of hydrogen-bond donors (Lipinski definition) is 4. The molecule has 0 aliphatic rings. The molecule has 0 spiro atoms. The fourth-order valence-electron chi connectivity index (χ4n) is 1.93. The van der Waals surface area contributed by atoms with E-state index in [9.17, 15) is 9.59 Å². The van der Waals surface area contributed by atoms with E-state index in [4.69, 9.17) is 5.11 Å². The van der Waals surface area contributed by atoms with Crippen molar-refractivity contribution in [2.75, 3.05) is 5.75 Å². The number of carbonyl (C=O) groups excluding carboxylic acids is 1. The highest BCUT2D eigenvalue weighted by Gasteiger charge is 2.12. The van der Waals surface area contributed by atoms with Crippen LogP contribution in [0.2, 0.25) is 0 Å². The summed E-state index contributed by atoms with van der Waals surface area (Å²) in [7, 11) is 0. The summed E-state index contributed by atoms with van der Waals surface area (Å²) in [6, 6.07) is -0.0274. The molecule has 118 valence electrons. The van der Waals surface area contributed by atoms with E-state index in [-0.39, 0.29) is 18.4 Å². The van der Waals surface area contributed by atoms with E-state index >= 15 is 0 Å². The van der Waals surface area contributed by atoms with Crippen molar-refractivity contribution in [3.63, 3.8) is 0 Å². The van der Waals surface area contributed by atoms with Crippen molar-refractivity contribution in [3.8, 4) is 0 Å². The lowest BCUT2D eigenvalue weighted by atomic mass is 10.1. The number of carboxylic acids is 1. The van der Waals surface area contributed by atoms with Gasteiger partial charge in [0, 0.05) is 24.1 Å². The van der Waals surface area contributed by atoms with Crippen LogP contribution in [0.25, 0.3) is 0 Å². The maximum Gasteiger partial charge on any atom is 0.303 e. The highest BCUT2D eigenvalue weighted by atomic mass is 32.1. The first-order valence-electron chi connectivity index (χ1n) is 7.29. The third-order valence-electron chi connectivity index (χ3n) is 3.22. The molecule has 0 bridgehead atoms. The van der Waals surface area contributed by atoms with Gasteiger partial charge in [-0.2, -0.15) is 25.3 Å². The molecule has 0 aromatic carbocycles. The Kier molecular flexibility index (Phi) is 12.2. The monoisotopic (exact) mass is 321 g/mol. The van der Waals surface area contributed by atoms with Crippen LogP contribution in [0.3, 0.4) is 0 Å². The van der Waals surface area contributed by atoms with Crippen LogP contribution < -0.4 is 5.32 Å². The van der Waals surface area contributed by atoms with Crippen LogP contribution >= 0.6 is 25.3 Å². The van der Waals surface area contributed by atoms with Crippen LogP contribution in [0.1, 0.15) is 58.3 Å². The Morgan fingerprint density at radius 1 is 1.15 bits per heavy atom. The zero-order chi connectivity index (χ0) is 15.4. The van der Waals surface area contributed by atoms with Crippen LogP contribution in [-0.2, 0) is 9.59 Å². The van der Waals surface area contributed by atoms with Crippen molar-refractivity contribution >= 4 is 37.1 Å². The third kappa shape index (κ3) is 11.5. The van der Waals surface area contributed by atoms with Crippen molar-refractivity contribution < 1.29 is 14.7 Å². The molecule has 6 heteroatoms. The summed E-state index contributed by atoms with van der Waals surface area (Å²) in [5.41, 5.74) is 0. The van der Waals surface area contributed by atoms with Crippen molar-refractivity contribution in [1.29, 1.82) is 0 Å². The lowest BCUT2D eigenvalue weighted by molar-refractivity contribution is -0.137. The molecule has 1 amide bonds. The van der Waals surface area contributed by atoms with Gasteiger partial charge < -0.3 is 10.4 Å². The van der Waals surface area contributed by atoms with Crippen LogP contribution in [-0.4, -0.2) is 34.0 Å². The predicted octanol–water partition coefficient (Wildman–Crippen LogP) is 2.92. The Morgan fingerprint density at radius 3 is 2.40 bits per heavy atom. The molecule has 0 heterocycles. The summed E-state index contributed by atoms with van der Waals surface area (Å²) in [5, 5.41) is 11.9. The first-order valence-corrected chi connectivity index (χ1v) is 8.44. The summed E-state index contributed by atoms with van der Waals surface area (Å²) in [5.74, 6) is 0.0463. The molecule has 4 nitrogen and oxygen atoms in total. The standard InChI is InChI=1S/C14H27NO3S2/c1-2-11(7-8-14(17)18)15-13(16)6-4-3-5-12(20)9-10-19/h11-12,19-20H,2-10H2,1H3,(H,15,16)(H,17,18). The Balaban J connectivity index is 3.72. The minimum absolute atomic E-state index is 0.0205. The maximum absolute atomic E-state index is 11.7. The third-order valence-corrected chi connectivity index (χ3v) is 3.99. The number of carbonyl (C=O) groups is 2. The van der Waals surface area contributed by atoms with Crippen LogP contribution in [0.15, 0.2) is 0 Å². The van der Waals surface area contributed by atoms with Gasteiger partial charge in [0.25, 0.3) is 0 Å². The number of amides is 1. The first-order chi connectivity index (χ1) is 9.49. The van der Waals surface area contributed by atoms with Crippen molar-refractivity contribution in [3.05, 3.63) is 0 Å². The Morgan fingerprint density at radius 2 is 1.85 bits per heavy atom. The molecule has 0 aliphatic heterocycles. The lowest BCUT2D eigenvalue weighted by Crippen LogP contribution is -2.34. The van der Waals surface area contributed by atoms with E-state index in [0.717, 1.165) is 37.9 Å². The van der Waals surface area contributed by atoms with Crippen LogP contribution in [0.4, 0.5) is 0 Å². The highest BCUT2D eigenvalue weighted by Crippen LogP contribution is 2.13. The van der Waals surface area contributed by atoms with Crippen molar-refractivity contribution in [2.45, 2.75) is 69.6 Å². The molecule has 0 aromatic heterocycles. The number of aliphatic carboxylic acids is 1. The number of thiol groups is 2. The number of hydrogen-bond acceptors (Lipinski definition) is 4. The second-order valence-corrected chi connectivity index (χ2v) is 6.19. The molecule has 0 aliphatic carbocycles. The summed E-state index contributed by atoms with van der Waals surface area (Å²) in [4.78, 5) is 22.2. The number of nitrogens with one attached hydrogen (secondary N) is 1. The molecule has 0 fully saturated rings. The smallest absolute Gasteiger partial charge is 0.303 e. The minimum Gasteiger partial charge on any atom is -0.481 e. The van der Waals surface area contributed by atoms with E-state index < -0.39 is 5.97 Å². The van der Waals surface area contributed by atoms with E-state index in [1.54, 1.807) is 0 Å². The fourth-order valence-corrected chi connectivity index (χ4v) is 2.76. The average Bonchev–Trinajstić information content (AvgIpc) is 2.39. The number of carboxylic acid groups (broad SMARTS) is 1. The number of unbranched alkanes of at least 4 members (excludes halogenated alkanes) is 1. The van der Waals surface area contributed by atoms with Gasteiger partial charge in [0.2, 0.25) is 5.91 Å². The molecule has 2 atom stereocenters. The van der Waals surface area contributed by atoms with Crippen LogP contribution in [0.5, 0.6) is 0 Å². The minimum atomic E-state index is -0.818. The van der Waals surface area contributed by atoms with Crippen molar-refractivity contribution in [1.82, 2.24) is 5.32 Å². The molecule has 2 unspecified atom stereocenters. The molecule has 2 N–H and O–H groups in total. The predicted molar refractivity (Wildman–Crippen MR) is 88.8 cm³/mol. The van der Waals surface area contributed by atoms with Gasteiger partial charge in [-0.05, 0) is 37.9 Å². The van der Waals surface area contributed by atoms with Gasteiger partial charge in [-0.1, -0.05) is 13.3 Å².